The number of aromatic nitrogens is 2. The van der Waals surface area contributed by atoms with Crippen LogP contribution in [-0.2, 0) is 19.0 Å². The van der Waals surface area contributed by atoms with E-state index in [9.17, 15) is 9.18 Å². The minimum Gasteiger partial charge on any atom is -0.455 e. The highest BCUT2D eigenvalue weighted by molar-refractivity contribution is 6.31. The van der Waals surface area contributed by atoms with Crippen LogP contribution in [-0.4, -0.2) is 28.6 Å². The molecular weight excluding hydrogens is 580 g/mol. The number of imidazole rings is 1. The minimum atomic E-state index is -0.998. The molecule has 6 rings (SSSR count). The maximum absolute atomic E-state index is 14.7. The average Bonchev–Trinajstić information content (AvgIpc) is 3.61. The second-order valence-corrected chi connectivity index (χ2v) is 12.3. The van der Waals surface area contributed by atoms with Gasteiger partial charge in [0.05, 0.1) is 26.6 Å². The summed E-state index contributed by atoms with van der Waals surface area (Å²) in [4.78, 5) is 19.2. The first-order valence-corrected chi connectivity index (χ1v) is 15.7. The van der Waals surface area contributed by atoms with Crippen LogP contribution in [0.5, 0.6) is 0 Å². The number of nitrogens with one attached hydrogen (secondary N) is 1. The molecule has 2 aliphatic carbocycles. The maximum atomic E-state index is 14.7. The molecule has 3 atom stereocenters. The molecule has 1 aliphatic heterocycles. The maximum Gasteiger partial charge on any atom is 0.268 e. The van der Waals surface area contributed by atoms with Crippen LogP contribution in [0.3, 0.4) is 0 Å². The Morgan fingerprint density at radius 3 is 2.48 bits per heavy atom. The monoisotopic (exact) mass is 615 g/mol. The third-order valence-corrected chi connectivity index (χ3v) is 9.42. The van der Waals surface area contributed by atoms with Gasteiger partial charge < -0.3 is 24.1 Å². The van der Waals surface area contributed by atoms with Gasteiger partial charge in [0.1, 0.15) is 24.0 Å². The largest absolute Gasteiger partial charge is 0.455 e. The van der Waals surface area contributed by atoms with Gasteiger partial charge in [-0.2, -0.15) is 0 Å². The molecule has 3 aromatic rings. The summed E-state index contributed by atoms with van der Waals surface area (Å²) in [6.07, 6.45) is 10.7. The van der Waals surface area contributed by atoms with Gasteiger partial charge in [-0.1, -0.05) is 79.9 Å². The van der Waals surface area contributed by atoms with E-state index in [1.54, 1.807) is 13.2 Å². The second-order valence-electron chi connectivity index (χ2n) is 11.5. The summed E-state index contributed by atoms with van der Waals surface area (Å²) in [5, 5.41) is 3.70. The Hall–Kier alpha value is -2.81. The number of hydrogen-bond acceptors (Lipinski definition) is 5. The summed E-state index contributed by atoms with van der Waals surface area (Å²) in [5.41, 5.74) is 1.56. The van der Waals surface area contributed by atoms with Gasteiger partial charge in [0, 0.05) is 19.2 Å². The number of fused-ring (bicyclic) bond motifs is 1. The first-order chi connectivity index (χ1) is 20.4. The Morgan fingerprint density at radius 1 is 1.05 bits per heavy atom. The van der Waals surface area contributed by atoms with Crippen molar-refractivity contribution in [3.8, 4) is 0 Å². The van der Waals surface area contributed by atoms with E-state index in [1.807, 2.05) is 22.8 Å². The van der Waals surface area contributed by atoms with E-state index in [0.717, 1.165) is 57.8 Å². The Balaban J connectivity index is 1.46. The molecule has 42 heavy (non-hydrogen) atoms. The topological polar surface area (TPSA) is 74.6 Å². The molecule has 3 aliphatic rings. The molecular formula is C32H36Cl2FN3O4. The van der Waals surface area contributed by atoms with E-state index >= 15 is 0 Å². The molecule has 1 amide bonds. The van der Waals surface area contributed by atoms with Crippen molar-refractivity contribution in [2.45, 2.75) is 88.7 Å². The molecule has 0 saturated heterocycles. The average molecular weight is 617 g/mol. The number of amides is 1. The Labute approximate surface area is 255 Å². The molecule has 2 heterocycles. The SMILES string of the molecule is COC(c1nc2cc(F)c(Cl)cc2n1C(C(=O)NC1CCCCC1)C1=COC(c2ccccc2Cl)O1)C1CCCCC1. The van der Waals surface area contributed by atoms with Crippen LogP contribution in [0, 0.1) is 11.7 Å². The quantitative estimate of drug-likeness (QED) is 0.276. The summed E-state index contributed by atoms with van der Waals surface area (Å²) in [6.45, 7) is 0. The van der Waals surface area contributed by atoms with E-state index in [1.165, 1.54) is 24.8 Å². The number of ether oxygens (including phenoxy) is 3. The molecule has 1 aromatic heterocycles. The van der Waals surface area contributed by atoms with Crippen LogP contribution in [0.15, 0.2) is 48.4 Å². The van der Waals surface area contributed by atoms with Crippen LogP contribution in [0.2, 0.25) is 10.0 Å². The lowest BCUT2D eigenvalue weighted by molar-refractivity contribution is -0.126. The molecule has 7 nitrogen and oxygen atoms in total. The third kappa shape index (κ3) is 5.86. The lowest BCUT2D eigenvalue weighted by atomic mass is 9.84. The van der Waals surface area contributed by atoms with Gasteiger partial charge in [-0.25, -0.2) is 9.37 Å². The molecule has 3 unspecified atom stereocenters. The number of methoxy groups -OCH3 is 1. The number of carbonyl (C=O) groups excluding carboxylic acids is 1. The van der Waals surface area contributed by atoms with Gasteiger partial charge in [-0.3, -0.25) is 4.79 Å². The second kappa shape index (κ2) is 12.8. The number of carbonyl (C=O) groups is 1. The highest BCUT2D eigenvalue weighted by Gasteiger charge is 2.40. The molecule has 2 aromatic carbocycles. The first kappa shape index (κ1) is 29.3. The lowest BCUT2D eigenvalue weighted by Crippen LogP contribution is -2.42. The van der Waals surface area contributed by atoms with Crippen molar-refractivity contribution in [3.05, 3.63) is 75.7 Å². The third-order valence-electron chi connectivity index (χ3n) is 8.78. The van der Waals surface area contributed by atoms with E-state index in [-0.39, 0.29) is 22.9 Å². The summed E-state index contributed by atoms with van der Waals surface area (Å²) in [6, 6.07) is 9.16. The molecule has 0 radical (unpaired) electrons. The van der Waals surface area contributed by atoms with Crippen LogP contribution >= 0.6 is 23.2 Å². The van der Waals surface area contributed by atoms with Gasteiger partial charge in [0.2, 0.25) is 0 Å². The fourth-order valence-corrected chi connectivity index (χ4v) is 7.05. The molecule has 10 heteroatoms. The molecule has 0 bridgehead atoms. The normalized spacial score (nSPS) is 21.4. The van der Waals surface area contributed by atoms with Crippen LogP contribution in [0.4, 0.5) is 4.39 Å². The van der Waals surface area contributed by atoms with Gasteiger partial charge >= 0.3 is 0 Å². The summed E-state index contributed by atoms with van der Waals surface area (Å²) < 4.78 is 34.9. The van der Waals surface area contributed by atoms with Gasteiger partial charge in [0.15, 0.2) is 11.8 Å². The van der Waals surface area contributed by atoms with Crippen LogP contribution < -0.4 is 5.32 Å². The van der Waals surface area contributed by atoms with Crippen molar-refractivity contribution in [2.24, 2.45) is 5.92 Å². The number of hydrogen-bond donors (Lipinski definition) is 1. The van der Waals surface area contributed by atoms with Crippen molar-refractivity contribution in [1.29, 1.82) is 0 Å². The van der Waals surface area contributed by atoms with E-state index in [4.69, 9.17) is 42.4 Å². The fourth-order valence-electron chi connectivity index (χ4n) is 6.67. The van der Waals surface area contributed by atoms with E-state index in [0.29, 0.717) is 33.2 Å². The predicted octanol–water partition coefficient (Wildman–Crippen LogP) is 8.33. The Bertz CT molecular complexity index is 1470. The Kier molecular flexibility index (Phi) is 8.93. The molecule has 224 valence electrons. The highest BCUT2D eigenvalue weighted by Crippen LogP contribution is 2.43. The van der Waals surface area contributed by atoms with Gasteiger partial charge in [-0.15, -0.1) is 0 Å². The zero-order valence-electron chi connectivity index (χ0n) is 23.7. The van der Waals surface area contributed by atoms with Crippen LogP contribution in [0.1, 0.15) is 94.0 Å². The van der Waals surface area contributed by atoms with E-state index < -0.39 is 24.3 Å². The molecule has 1 N–H and O–H groups in total. The zero-order valence-corrected chi connectivity index (χ0v) is 25.2. The van der Waals surface area contributed by atoms with Crippen LogP contribution in [0.25, 0.3) is 11.0 Å². The molecule has 2 saturated carbocycles. The van der Waals surface area contributed by atoms with Crippen molar-refractivity contribution in [1.82, 2.24) is 14.9 Å². The zero-order chi connectivity index (χ0) is 29.2. The predicted molar refractivity (Wildman–Crippen MR) is 160 cm³/mol. The summed E-state index contributed by atoms with van der Waals surface area (Å²) in [5.74, 6) is 0.209. The van der Waals surface area contributed by atoms with Crippen molar-refractivity contribution < 1.29 is 23.4 Å². The van der Waals surface area contributed by atoms with Gasteiger partial charge in [0.25, 0.3) is 12.2 Å². The first-order valence-electron chi connectivity index (χ1n) is 14.9. The van der Waals surface area contributed by atoms with Crippen molar-refractivity contribution in [3.63, 3.8) is 0 Å². The van der Waals surface area contributed by atoms with Gasteiger partial charge in [-0.05, 0) is 43.7 Å². The molecule has 0 spiro atoms. The highest BCUT2D eigenvalue weighted by atomic mass is 35.5. The molecule has 2 fully saturated rings. The fraction of sp³-hybridized carbons (Fsp3) is 0.500. The standard InChI is InChI=1S/C32H36Cl2FN3O4/c1-40-29(19-10-4-2-5-11-19)30-37-25-17-24(35)23(34)16-26(25)38(30)28(31(39)36-20-12-6-3-7-13-20)27-18-41-32(42-27)21-14-8-9-15-22(21)33/h8-9,14-20,28-29,32H,2-7,10-13H2,1H3,(H,36,39). The van der Waals surface area contributed by atoms with Crippen molar-refractivity contribution >= 4 is 40.1 Å². The Morgan fingerprint density at radius 2 is 1.76 bits per heavy atom. The number of nitrogens with zero attached hydrogens (tertiary/aromatic N) is 2. The summed E-state index contributed by atoms with van der Waals surface area (Å²) >= 11 is 12.8. The lowest BCUT2D eigenvalue weighted by Gasteiger charge is -2.31. The number of benzene rings is 2. The van der Waals surface area contributed by atoms with Crippen molar-refractivity contribution in [2.75, 3.05) is 7.11 Å². The smallest absolute Gasteiger partial charge is 0.268 e. The number of rotatable bonds is 8. The van der Waals surface area contributed by atoms with E-state index in [2.05, 4.69) is 5.32 Å². The minimum absolute atomic E-state index is 0.0480. The summed E-state index contributed by atoms with van der Waals surface area (Å²) in [7, 11) is 1.66. The number of halogens is 3.